The predicted molar refractivity (Wildman–Crippen MR) is 142 cm³/mol. The fraction of sp³-hybridized carbons (Fsp3) is 0.308. The molecule has 0 aliphatic carbocycles. The third-order valence-electron chi connectivity index (χ3n) is 5.78. The van der Waals surface area contributed by atoms with Crippen LogP contribution in [0.3, 0.4) is 0 Å². The number of piperazine rings is 1. The first-order valence-electron chi connectivity index (χ1n) is 11.2. The minimum atomic E-state index is -0.403. The van der Waals surface area contributed by atoms with Gasteiger partial charge in [0.2, 0.25) is 5.91 Å². The van der Waals surface area contributed by atoms with E-state index in [1.54, 1.807) is 42.5 Å². The topological polar surface area (TPSA) is 65.8 Å². The number of carbonyl (C=O) groups excluding carboxylic acids is 2. The van der Waals surface area contributed by atoms with E-state index in [1.165, 1.54) is 0 Å². The van der Waals surface area contributed by atoms with Crippen LogP contribution >= 0.6 is 34.8 Å². The van der Waals surface area contributed by atoms with Crippen molar-refractivity contribution in [2.75, 3.05) is 36.4 Å². The van der Waals surface area contributed by atoms with E-state index < -0.39 is 11.3 Å². The lowest BCUT2D eigenvalue weighted by molar-refractivity contribution is -0.139. The van der Waals surface area contributed by atoms with Crippen molar-refractivity contribution in [2.45, 2.75) is 20.8 Å². The molecular weight excluding hydrogens is 509 g/mol. The number of halogens is 3. The molecule has 2 amide bonds. The first-order chi connectivity index (χ1) is 16.5. The highest BCUT2D eigenvalue weighted by molar-refractivity contribution is 6.36. The van der Waals surface area contributed by atoms with Crippen LogP contribution in [0, 0.1) is 5.41 Å². The molecule has 0 unspecified atom stereocenters. The summed E-state index contributed by atoms with van der Waals surface area (Å²) in [5, 5.41) is 4.29. The van der Waals surface area contributed by atoms with Gasteiger partial charge >= 0.3 is 0 Å². The molecule has 1 fully saturated rings. The van der Waals surface area contributed by atoms with Gasteiger partial charge in [-0.05, 0) is 48.5 Å². The molecule has 0 bridgehead atoms. The summed E-state index contributed by atoms with van der Waals surface area (Å²) in [6.07, 6.45) is 0. The number of nitrogens with zero attached hydrogens (tertiary/aromatic N) is 2. The van der Waals surface area contributed by atoms with Gasteiger partial charge in [-0.25, -0.2) is 0 Å². The summed E-state index contributed by atoms with van der Waals surface area (Å²) < 4.78 is 5.71. The van der Waals surface area contributed by atoms with Crippen molar-refractivity contribution in [3.63, 3.8) is 0 Å². The number of nitrogens with one attached hydrogen (secondary N) is 1. The van der Waals surface area contributed by atoms with Gasteiger partial charge in [-0.1, -0.05) is 55.6 Å². The molecule has 184 valence electrons. The lowest BCUT2D eigenvalue weighted by atomic mass is 9.94. The largest absolute Gasteiger partial charge is 0.451 e. The zero-order chi connectivity index (χ0) is 25.3. The Kier molecular flexibility index (Phi) is 7.36. The van der Waals surface area contributed by atoms with Crippen LogP contribution in [0.5, 0.6) is 0 Å². The second-order valence-corrected chi connectivity index (χ2v) is 10.7. The number of anilines is 2. The van der Waals surface area contributed by atoms with Crippen LogP contribution in [-0.4, -0.2) is 42.9 Å². The van der Waals surface area contributed by atoms with Crippen LogP contribution < -0.4 is 10.2 Å². The summed E-state index contributed by atoms with van der Waals surface area (Å²) in [5.41, 5.74) is 1.67. The van der Waals surface area contributed by atoms with Crippen molar-refractivity contribution in [1.82, 2.24) is 4.90 Å². The van der Waals surface area contributed by atoms with E-state index in [1.807, 2.05) is 31.7 Å². The number of amides is 2. The monoisotopic (exact) mass is 533 g/mol. The summed E-state index contributed by atoms with van der Waals surface area (Å²) in [6, 6.07) is 13.7. The number of hydrogen-bond acceptors (Lipinski definition) is 4. The minimum absolute atomic E-state index is 0.144. The van der Waals surface area contributed by atoms with Gasteiger partial charge in [-0.15, -0.1) is 0 Å². The maximum absolute atomic E-state index is 12.7. The lowest BCUT2D eigenvalue weighted by Crippen LogP contribution is -2.51. The number of rotatable bonds is 4. The van der Waals surface area contributed by atoms with Gasteiger partial charge in [-0.2, -0.15) is 0 Å². The van der Waals surface area contributed by atoms with E-state index in [4.69, 9.17) is 39.2 Å². The van der Waals surface area contributed by atoms with E-state index >= 15 is 0 Å². The summed E-state index contributed by atoms with van der Waals surface area (Å²) >= 11 is 18.7. The zero-order valence-electron chi connectivity index (χ0n) is 19.7. The Balaban J connectivity index is 1.40. The van der Waals surface area contributed by atoms with Crippen molar-refractivity contribution in [1.29, 1.82) is 0 Å². The van der Waals surface area contributed by atoms with Crippen LogP contribution in [0.2, 0.25) is 15.1 Å². The van der Waals surface area contributed by atoms with Crippen LogP contribution in [0.25, 0.3) is 11.3 Å². The number of carbonyl (C=O) groups is 2. The zero-order valence-corrected chi connectivity index (χ0v) is 22.0. The molecule has 2 heterocycles. The highest BCUT2D eigenvalue weighted by atomic mass is 35.5. The highest BCUT2D eigenvalue weighted by Crippen LogP contribution is 2.33. The Morgan fingerprint density at radius 1 is 0.886 bits per heavy atom. The summed E-state index contributed by atoms with van der Waals surface area (Å²) in [5.74, 6) is 0.361. The van der Waals surface area contributed by atoms with Crippen molar-refractivity contribution >= 4 is 58.0 Å². The molecule has 1 aliphatic rings. The van der Waals surface area contributed by atoms with Crippen molar-refractivity contribution < 1.29 is 14.0 Å². The Bertz CT molecular complexity index is 1260. The average molecular weight is 535 g/mol. The smallest absolute Gasteiger partial charge is 0.291 e. The lowest BCUT2D eigenvalue weighted by Gasteiger charge is -2.39. The van der Waals surface area contributed by atoms with Gasteiger partial charge in [0.15, 0.2) is 5.76 Å². The quantitative estimate of drug-likeness (QED) is 0.397. The van der Waals surface area contributed by atoms with Crippen LogP contribution in [-0.2, 0) is 4.79 Å². The van der Waals surface area contributed by atoms with E-state index in [0.29, 0.717) is 58.3 Å². The molecule has 1 aliphatic heterocycles. The Morgan fingerprint density at radius 3 is 2.23 bits per heavy atom. The SMILES string of the molecule is CC(C)(C)C(=O)N1CCN(c2ccc(NC(=O)c3ccc(-c4ccc(Cl)cc4Cl)o3)cc2Cl)CC1. The highest BCUT2D eigenvalue weighted by Gasteiger charge is 2.30. The summed E-state index contributed by atoms with van der Waals surface area (Å²) in [6.45, 7) is 8.46. The number of benzene rings is 2. The maximum atomic E-state index is 12.7. The average Bonchev–Trinajstić information content (AvgIpc) is 3.28. The third-order valence-corrected chi connectivity index (χ3v) is 6.63. The van der Waals surface area contributed by atoms with Gasteiger partial charge in [-0.3, -0.25) is 9.59 Å². The molecule has 9 heteroatoms. The fourth-order valence-corrected chi connectivity index (χ4v) is 4.75. The molecule has 1 aromatic heterocycles. The van der Waals surface area contributed by atoms with Gasteiger partial charge < -0.3 is 19.5 Å². The molecule has 6 nitrogen and oxygen atoms in total. The first-order valence-corrected chi connectivity index (χ1v) is 12.4. The molecule has 1 saturated heterocycles. The molecular formula is C26H26Cl3N3O3. The van der Waals surface area contributed by atoms with Crippen LogP contribution in [0.15, 0.2) is 52.9 Å². The third kappa shape index (κ3) is 5.77. The summed E-state index contributed by atoms with van der Waals surface area (Å²) in [7, 11) is 0. The molecule has 4 rings (SSSR count). The second kappa shape index (κ2) is 10.1. The summed E-state index contributed by atoms with van der Waals surface area (Å²) in [4.78, 5) is 29.3. The maximum Gasteiger partial charge on any atom is 0.291 e. The van der Waals surface area contributed by atoms with E-state index in [9.17, 15) is 9.59 Å². The van der Waals surface area contributed by atoms with Crippen LogP contribution in [0.4, 0.5) is 11.4 Å². The van der Waals surface area contributed by atoms with Crippen molar-refractivity contribution in [3.8, 4) is 11.3 Å². The van der Waals surface area contributed by atoms with Crippen LogP contribution in [0.1, 0.15) is 31.3 Å². The molecule has 0 spiro atoms. The molecule has 35 heavy (non-hydrogen) atoms. The standard InChI is InChI=1S/C26H26Cl3N3O3/c1-26(2,3)25(34)32-12-10-31(11-13-32)21-7-5-17(15-20(21)29)30-24(33)23-9-8-22(35-23)18-6-4-16(27)14-19(18)28/h4-9,14-15H,10-13H2,1-3H3,(H,30,33). The van der Waals surface area contributed by atoms with Gasteiger partial charge in [0.25, 0.3) is 5.91 Å². The van der Waals surface area contributed by atoms with E-state index in [0.717, 1.165) is 5.69 Å². The normalized spacial score (nSPS) is 14.2. The molecule has 1 N–H and O–H groups in total. The molecule has 0 saturated carbocycles. The molecule has 0 radical (unpaired) electrons. The first kappa shape index (κ1) is 25.4. The minimum Gasteiger partial charge on any atom is -0.451 e. The number of furan rings is 1. The predicted octanol–water partition coefficient (Wildman–Crippen LogP) is 6.85. The van der Waals surface area contributed by atoms with Crippen molar-refractivity contribution in [3.05, 3.63) is 69.4 Å². The Hall–Kier alpha value is -2.67. The fourth-order valence-electron chi connectivity index (χ4n) is 3.95. The van der Waals surface area contributed by atoms with E-state index in [-0.39, 0.29) is 11.7 Å². The second-order valence-electron chi connectivity index (χ2n) is 9.44. The molecule has 3 aromatic rings. The van der Waals surface area contributed by atoms with E-state index in [2.05, 4.69) is 10.2 Å². The van der Waals surface area contributed by atoms with Crippen molar-refractivity contribution in [2.24, 2.45) is 5.41 Å². The Labute approximate surface area is 219 Å². The Morgan fingerprint density at radius 2 is 1.60 bits per heavy atom. The molecule has 0 atom stereocenters. The van der Waals surface area contributed by atoms with Gasteiger partial charge in [0.05, 0.1) is 15.7 Å². The van der Waals surface area contributed by atoms with Gasteiger partial charge in [0, 0.05) is 47.9 Å². The number of hydrogen-bond donors (Lipinski definition) is 1. The van der Waals surface area contributed by atoms with Gasteiger partial charge in [0.1, 0.15) is 5.76 Å². The molecule has 2 aromatic carbocycles.